The SMILES string of the molecule is CC1(C)C(=O)NC(=O)CN1C(=O)C(N)CCS(C)(=O)=O. The first-order chi connectivity index (χ1) is 8.95. The van der Waals surface area contributed by atoms with Crippen molar-refractivity contribution in [1.82, 2.24) is 10.2 Å². The van der Waals surface area contributed by atoms with Crippen LogP contribution in [0.2, 0.25) is 0 Å². The Morgan fingerprint density at radius 1 is 1.45 bits per heavy atom. The lowest BCUT2D eigenvalue weighted by molar-refractivity contribution is -0.156. The smallest absolute Gasteiger partial charge is 0.252 e. The van der Waals surface area contributed by atoms with E-state index in [0.717, 1.165) is 11.2 Å². The molecule has 1 rings (SSSR count). The largest absolute Gasteiger partial charge is 0.320 e. The number of piperazine rings is 1. The zero-order chi connectivity index (χ0) is 15.7. The molecule has 9 heteroatoms. The zero-order valence-electron chi connectivity index (χ0n) is 11.7. The Labute approximate surface area is 117 Å². The van der Waals surface area contributed by atoms with Crippen LogP contribution in [0.5, 0.6) is 0 Å². The van der Waals surface area contributed by atoms with Crippen molar-refractivity contribution >= 4 is 27.6 Å². The molecule has 1 aliphatic rings. The van der Waals surface area contributed by atoms with E-state index in [1.807, 2.05) is 0 Å². The standard InChI is InChI=1S/C11H19N3O5S/c1-11(2)10(17)13-8(15)6-14(11)9(16)7(12)4-5-20(3,18)19/h7H,4-6,12H2,1-3H3,(H,13,15,17). The van der Waals surface area contributed by atoms with Gasteiger partial charge in [0.05, 0.1) is 11.8 Å². The number of nitrogens with one attached hydrogen (secondary N) is 1. The van der Waals surface area contributed by atoms with Crippen LogP contribution in [0.15, 0.2) is 0 Å². The van der Waals surface area contributed by atoms with Crippen molar-refractivity contribution in [3.8, 4) is 0 Å². The van der Waals surface area contributed by atoms with Crippen LogP contribution >= 0.6 is 0 Å². The lowest BCUT2D eigenvalue weighted by Crippen LogP contribution is -2.67. The molecular formula is C11H19N3O5S. The summed E-state index contributed by atoms with van der Waals surface area (Å²) in [5.41, 5.74) is 4.47. The number of amides is 3. The molecule has 0 aliphatic carbocycles. The van der Waals surface area contributed by atoms with Crippen molar-refractivity contribution in [2.24, 2.45) is 5.73 Å². The van der Waals surface area contributed by atoms with E-state index in [4.69, 9.17) is 5.73 Å². The second-order valence-electron chi connectivity index (χ2n) is 5.39. The highest BCUT2D eigenvalue weighted by Crippen LogP contribution is 2.19. The van der Waals surface area contributed by atoms with Crippen molar-refractivity contribution in [3.63, 3.8) is 0 Å². The Bertz CT molecular complexity index is 540. The molecule has 0 radical (unpaired) electrons. The first kappa shape index (κ1) is 16.6. The van der Waals surface area contributed by atoms with E-state index in [1.165, 1.54) is 13.8 Å². The third-order valence-electron chi connectivity index (χ3n) is 3.17. The van der Waals surface area contributed by atoms with Gasteiger partial charge in [-0.25, -0.2) is 8.42 Å². The summed E-state index contributed by atoms with van der Waals surface area (Å²) >= 11 is 0. The molecule has 20 heavy (non-hydrogen) atoms. The third-order valence-corrected chi connectivity index (χ3v) is 4.15. The number of imide groups is 1. The number of nitrogens with zero attached hydrogens (tertiary/aromatic N) is 1. The Morgan fingerprint density at radius 3 is 2.50 bits per heavy atom. The Hall–Kier alpha value is -1.48. The van der Waals surface area contributed by atoms with Crippen LogP contribution in [0.4, 0.5) is 0 Å². The monoisotopic (exact) mass is 305 g/mol. The van der Waals surface area contributed by atoms with Crippen molar-refractivity contribution in [3.05, 3.63) is 0 Å². The summed E-state index contributed by atoms with van der Waals surface area (Å²) in [5.74, 6) is -2.01. The van der Waals surface area contributed by atoms with Gasteiger partial charge in [0.15, 0.2) is 0 Å². The first-order valence-corrected chi connectivity index (χ1v) is 8.10. The normalized spacial score (nSPS) is 20.5. The lowest BCUT2D eigenvalue weighted by atomic mass is 9.97. The van der Waals surface area contributed by atoms with Gasteiger partial charge in [0.1, 0.15) is 21.9 Å². The molecule has 1 heterocycles. The lowest BCUT2D eigenvalue weighted by Gasteiger charge is -2.41. The molecule has 1 atom stereocenters. The quantitative estimate of drug-likeness (QED) is 0.579. The van der Waals surface area contributed by atoms with Gasteiger partial charge in [-0.15, -0.1) is 0 Å². The predicted octanol–water partition coefficient (Wildman–Crippen LogP) is -1.99. The van der Waals surface area contributed by atoms with Crippen molar-refractivity contribution < 1.29 is 22.8 Å². The first-order valence-electron chi connectivity index (χ1n) is 6.04. The number of rotatable bonds is 4. The minimum absolute atomic E-state index is 0.0555. The fourth-order valence-electron chi connectivity index (χ4n) is 1.80. The summed E-state index contributed by atoms with van der Waals surface area (Å²) in [4.78, 5) is 36.4. The number of hydrogen-bond donors (Lipinski definition) is 2. The molecule has 0 aromatic heterocycles. The molecule has 0 saturated carbocycles. The highest BCUT2D eigenvalue weighted by Gasteiger charge is 2.44. The highest BCUT2D eigenvalue weighted by atomic mass is 32.2. The molecule has 3 N–H and O–H groups in total. The van der Waals surface area contributed by atoms with Gasteiger partial charge in [0.2, 0.25) is 11.8 Å². The molecule has 1 saturated heterocycles. The molecule has 8 nitrogen and oxygen atoms in total. The minimum atomic E-state index is -3.23. The van der Waals surface area contributed by atoms with E-state index in [1.54, 1.807) is 0 Å². The highest BCUT2D eigenvalue weighted by molar-refractivity contribution is 7.90. The average Bonchev–Trinajstić information content (AvgIpc) is 2.29. The number of nitrogens with two attached hydrogens (primary N) is 1. The predicted molar refractivity (Wildman–Crippen MR) is 71.2 cm³/mol. The van der Waals surface area contributed by atoms with Gasteiger partial charge >= 0.3 is 0 Å². The van der Waals surface area contributed by atoms with Crippen LogP contribution in [0.3, 0.4) is 0 Å². The van der Waals surface area contributed by atoms with Crippen molar-refractivity contribution in [2.45, 2.75) is 31.8 Å². The zero-order valence-corrected chi connectivity index (χ0v) is 12.5. The van der Waals surface area contributed by atoms with Gasteiger partial charge in [-0.3, -0.25) is 19.7 Å². The third kappa shape index (κ3) is 3.76. The molecule has 0 aromatic rings. The van der Waals surface area contributed by atoms with Gasteiger partial charge in [0, 0.05) is 6.26 Å². The second-order valence-corrected chi connectivity index (χ2v) is 7.65. The van der Waals surface area contributed by atoms with Crippen molar-refractivity contribution in [2.75, 3.05) is 18.6 Å². The molecule has 114 valence electrons. The summed E-state index contributed by atoms with van der Waals surface area (Å²) < 4.78 is 22.1. The summed E-state index contributed by atoms with van der Waals surface area (Å²) in [5, 5.41) is 2.14. The maximum Gasteiger partial charge on any atom is 0.252 e. The van der Waals surface area contributed by atoms with E-state index in [0.29, 0.717) is 0 Å². The summed E-state index contributed by atoms with van der Waals surface area (Å²) in [6, 6.07) is -1.07. The van der Waals surface area contributed by atoms with E-state index in [-0.39, 0.29) is 18.7 Å². The topological polar surface area (TPSA) is 127 Å². The van der Waals surface area contributed by atoms with E-state index >= 15 is 0 Å². The van der Waals surface area contributed by atoms with E-state index in [2.05, 4.69) is 5.32 Å². The van der Waals surface area contributed by atoms with Gasteiger partial charge in [0.25, 0.3) is 5.91 Å². The Balaban J connectivity index is 2.83. The van der Waals surface area contributed by atoms with Crippen LogP contribution in [-0.2, 0) is 24.2 Å². The summed E-state index contributed by atoms with van der Waals surface area (Å²) in [7, 11) is -3.23. The number of carbonyl (C=O) groups is 3. The maximum atomic E-state index is 12.2. The average molecular weight is 305 g/mol. The Kier molecular flexibility index (Phi) is 4.55. The van der Waals surface area contributed by atoms with Crippen LogP contribution in [-0.4, -0.2) is 61.2 Å². The molecule has 0 aromatic carbocycles. The summed E-state index contributed by atoms with van der Waals surface area (Å²) in [6.45, 7) is 2.72. The number of hydrogen-bond acceptors (Lipinski definition) is 6. The van der Waals surface area contributed by atoms with Crippen molar-refractivity contribution in [1.29, 1.82) is 0 Å². The molecule has 1 aliphatic heterocycles. The molecule has 3 amide bonds. The van der Waals surface area contributed by atoms with Crippen LogP contribution in [0.25, 0.3) is 0 Å². The molecular weight excluding hydrogens is 286 g/mol. The van der Waals surface area contributed by atoms with Crippen LogP contribution < -0.4 is 11.1 Å². The number of sulfone groups is 1. The van der Waals surface area contributed by atoms with E-state index < -0.39 is 39.1 Å². The molecule has 1 fully saturated rings. The second kappa shape index (κ2) is 5.49. The van der Waals surface area contributed by atoms with E-state index in [9.17, 15) is 22.8 Å². The maximum absolute atomic E-state index is 12.2. The van der Waals surface area contributed by atoms with Gasteiger partial charge in [-0.05, 0) is 20.3 Å². The molecule has 1 unspecified atom stereocenters. The Morgan fingerprint density at radius 2 is 2.00 bits per heavy atom. The fourth-order valence-corrected chi connectivity index (χ4v) is 2.48. The van der Waals surface area contributed by atoms with Gasteiger partial charge in [-0.1, -0.05) is 0 Å². The molecule has 0 spiro atoms. The summed E-state index contributed by atoms with van der Waals surface area (Å²) in [6.07, 6.45) is 0.992. The van der Waals surface area contributed by atoms with Gasteiger partial charge in [-0.2, -0.15) is 0 Å². The van der Waals surface area contributed by atoms with Gasteiger partial charge < -0.3 is 10.6 Å². The minimum Gasteiger partial charge on any atom is -0.320 e. The van der Waals surface area contributed by atoms with Crippen LogP contribution in [0.1, 0.15) is 20.3 Å². The number of carbonyl (C=O) groups excluding carboxylic acids is 3. The fraction of sp³-hybridized carbons (Fsp3) is 0.727. The molecule has 0 bridgehead atoms. The van der Waals surface area contributed by atoms with Crippen LogP contribution in [0, 0.1) is 0 Å².